The molecule has 2 heterocycles. The monoisotopic (exact) mass is 380 g/mol. The molecular formula is C20H20N4O2S. The van der Waals surface area contributed by atoms with Gasteiger partial charge in [0.1, 0.15) is 11.0 Å². The van der Waals surface area contributed by atoms with Gasteiger partial charge in [-0.3, -0.25) is 9.59 Å². The molecule has 6 nitrogen and oxygen atoms in total. The number of carbonyl (C=O) groups is 2. The second-order valence-corrected chi connectivity index (χ2v) is 7.30. The van der Waals surface area contributed by atoms with Gasteiger partial charge in [0.05, 0.1) is 29.8 Å². The first-order chi connectivity index (χ1) is 13.2. The molecule has 4 rings (SSSR count). The molecule has 2 aromatic carbocycles. The molecule has 1 N–H and O–H groups in total. The zero-order chi connectivity index (χ0) is 18.6. The first kappa shape index (κ1) is 17.6. The van der Waals surface area contributed by atoms with Gasteiger partial charge in [-0.2, -0.15) is 8.75 Å². The maximum Gasteiger partial charge on any atom is 0.229 e. The molecule has 1 unspecified atom stereocenters. The molecule has 0 bridgehead atoms. The second kappa shape index (κ2) is 7.84. The maximum absolute atomic E-state index is 12.8. The van der Waals surface area contributed by atoms with Gasteiger partial charge in [0.15, 0.2) is 0 Å². The SMILES string of the molecule is O=C(Nc1cccc2nsnc12)C1CCCN(C(=O)Cc2ccccc2)C1. The molecule has 0 aliphatic carbocycles. The van der Waals surface area contributed by atoms with Gasteiger partial charge in [0, 0.05) is 13.1 Å². The Morgan fingerprint density at radius 1 is 1.11 bits per heavy atom. The fraction of sp³-hybridized carbons (Fsp3) is 0.300. The number of benzene rings is 2. The molecule has 1 aliphatic heterocycles. The van der Waals surface area contributed by atoms with E-state index in [1.165, 1.54) is 0 Å². The number of nitrogens with zero attached hydrogens (tertiary/aromatic N) is 3. The number of piperidine rings is 1. The third kappa shape index (κ3) is 3.98. The minimum atomic E-state index is -0.208. The van der Waals surface area contributed by atoms with Crippen molar-refractivity contribution in [3.8, 4) is 0 Å². The van der Waals surface area contributed by atoms with Crippen LogP contribution in [0, 0.1) is 5.92 Å². The highest BCUT2D eigenvalue weighted by Gasteiger charge is 2.28. The van der Waals surface area contributed by atoms with Crippen LogP contribution in [0.1, 0.15) is 18.4 Å². The van der Waals surface area contributed by atoms with Gasteiger partial charge >= 0.3 is 0 Å². The number of rotatable bonds is 4. The van der Waals surface area contributed by atoms with Gasteiger partial charge in [-0.25, -0.2) is 0 Å². The summed E-state index contributed by atoms with van der Waals surface area (Å²) in [5.41, 5.74) is 3.17. The molecule has 0 spiro atoms. The van der Waals surface area contributed by atoms with Crippen LogP contribution >= 0.6 is 11.7 Å². The standard InChI is InChI=1S/C20H20N4O2S/c25-18(12-14-6-2-1-3-7-14)24-11-5-8-15(13-24)20(26)21-16-9-4-10-17-19(16)23-27-22-17/h1-4,6-7,9-10,15H,5,8,11-13H2,(H,21,26). The van der Waals surface area contributed by atoms with Crippen LogP contribution in [0.4, 0.5) is 5.69 Å². The molecule has 0 radical (unpaired) electrons. The third-order valence-electron chi connectivity index (χ3n) is 4.89. The van der Waals surface area contributed by atoms with Crippen LogP contribution in [0.3, 0.4) is 0 Å². The van der Waals surface area contributed by atoms with E-state index in [2.05, 4.69) is 14.1 Å². The quantitative estimate of drug-likeness (QED) is 0.755. The van der Waals surface area contributed by atoms with Gasteiger partial charge < -0.3 is 10.2 Å². The van der Waals surface area contributed by atoms with Crippen LogP contribution in [-0.2, 0) is 16.0 Å². The van der Waals surface area contributed by atoms with Gasteiger partial charge in [-0.1, -0.05) is 36.4 Å². The van der Waals surface area contributed by atoms with E-state index in [-0.39, 0.29) is 17.7 Å². The number of hydrogen-bond donors (Lipinski definition) is 1. The van der Waals surface area contributed by atoms with E-state index < -0.39 is 0 Å². The Balaban J connectivity index is 1.41. The number of hydrogen-bond acceptors (Lipinski definition) is 5. The molecule has 0 saturated carbocycles. The van der Waals surface area contributed by atoms with E-state index in [0.29, 0.717) is 30.7 Å². The largest absolute Gasteiger partial charge is 0.342 e. The number of carbonyl (C=O) groups excluding carboxylic acids is 2. The average molecular weight is 380 g/mol. The highest BCUT2D eigenvalue weighted by atomic mass is 32.1. The third-order valence-corrected chi connectivity index (χ3v) is 5.43. The second-order valence-electron chi connectivity index (χ2n) is 6.77. The van der Waals surface area contributed by atoms with Crippen LogP contribution in [-0.4, -0.2) is 38.6 Å². The summed E-state index contributed by atoms with van der Waals surface area (Å²) < 4.78 is 8.46. The molecule has 3 aromatic rings. The van der Waals surface area contributed by atoms with Crippen LogP contribution in [0.25, 0.3) is 11.0 Å². The maximum atomic E-state index is 12.8. The van der Waals surface area contributed by atoms with Gasteiger partial charge in [0.2, 0.25) is 11.8 Å². The summed E-state index contributed by atoms with van der Waals surface area (Å²) >= 11 is 1.13. The zero-order valence-electron chi connectivity index (χ0n) is 14.8. The number of aromatic nitrogens is 2. The summed E-state index contributed by atoms with van der Waals surface area (Å²) in [7, 11) is 0. The molecular weight excluding hydrogens is 360 g/mol. The van der Waals surface area contributed by atoms with Crippen LogP contribution in [0.15, 0.2) is 48.5 Å². The summed E-state index contributed by atoms with van der Waals surface area (Å²) in [5.74, 6) is -0.197. The number of fused-ring (bicyclic) bond motifs is 1. The predicted molar refractivity (Wildman–Crippen MR) is 105 cm³/mol. The smallest absolute Gasteiger partial charge is 0.229 e. The summed E-state index contributed by atoms with van der Waals surface area (Å²) in [6.07, 6.45) is 1.99. The molecule has 7 heteroatoms. The minimum absolute atomic E-state index is 0.0623. The summed E-state index contributed by atoms with van der Waals surface area (Å²) in [6.45, 7) is 1.17. The van der Waals surface area contributed by atoms with E-state index in [4.69, 9.17) is 0 Å². The molecule has 2 amide bonds. The van der Waals surface area contributed by atoms with Crippen molar-refractivity contribution < 1.29 is 9.59 Å². The molecule has 27 heavy (non-hydrogen) atoms. The Labute approximate surface area is 161 Å². The molecule has 138 valence electrons. The van der Waals surface area contributed by atoms with Crippen LogP contribution < -0.4 is 5.32 Å². The van der Waals surface area contributed by atoms with E-state index in [1.807, 2.05) is 53.4 Å². The fourth-order valence-electron chi connectivity index (χ4n) is 3.44. The first-order valence-corrected chi connectivity index (χ1v) is 9.77. The Hall–Kier alpha value is -2.80. The molecule has 1 atom stereocenters. The van der Waals surface area contributed by atoms with Crippen molar-refractivity contribution in [3.63, 3.8) is 0 Å². The Morgan fingerprint density at radius 2 is 1.96 bits per heavy atom. The van der Waals surface area contributed by atoms with Crippen LogP contribution in [0.2, 0.25) is 0 Å². The van der Waals surface area contributed by atoms with Crippen molar-refractivity contribution >= 4 is 40.3 Å². The molecule has 1 fully saturated rings. The van der Waals surface area contributed by atoms with E-state index >= 15 is 0 Å². The van der Waals surface area contributed by atoms with Crippen molar-refractivity contribution in [2.75, 3.05) is 18.4 Å². The fourth-order valence-corrected chi connectivity index (χ4v) is 3.99. The van der Waals surface area contributed by atoms with Crippen molar-refractivity contribution in [1.82, 2.24) is 13.6 Å². The molecule has 1 saturated heterocycles. The van der Waals surface area contributed by atoms with Crippen molar-refractivity contribution in [1.29, 1.82) is 0 Å². The highest BCUT2D eigenvalue weighted by Crippen LogP contribution is 2.24. The highest BCUT2D eigenvalue weighted by molar-refractivity contribution is 7.00. The zero-order valence-corrected chi connectivity index (χ0v) is 15.6. The van der Waals surface area contributed by atoms with Gasteiger partial charge in [-0.15, -0.1) is 0 Å². The van der Waals surface area contributed by atoms with Crippen molar-refractivity contribution in [2.45, 2.75) is 19.3 Å². The van der Waals surface area contributed by atoms with E-state index in [1.54, 1.807) is 0 Å². The average Bonchev–Trinajstić information content (AvgIpc) is 3.19. The molecule has 1 aliphatic rings. The number of nitrogens with one attached hydrogen (secondary N) is 1. The van der Waals surface area contributed by atoms with Gasteiger partial charge in [-0.05, 0) is 30.5 Å². The Bertz CT molecular complexity index is 957. The minimum Gasteiger partial charge on any atom is -0.342 e. The topological polar surface area (TPSA) is 75.2 Å². The van der Waals surface area contributed by atoms with E-state index in [9.17, 15) is 9.59 Å². The summed E-state index contributed by atoms with van der Waals surface area (Å²) in [5, 5.41) is 2.98. The summed E-state index contributed by atoms with van der Waals surface area (Å²) in [6, 6.07) is 15.3. The lowest BCUT2D eigenvalue weighted by Crippen LogP contribution is -2.44. The van der Waals surface area contributed by atoms with E-state index in [0.717, 1.165) is 35.6 Å². The Kier molecular flexibility index (Phi) is 5.11. The first-order valence-electron chi connectivity index (χ1n) is 9.04. The lowest BCUT2D eigenvalue weighted by molar-refractivity contribution is -0.133. The number of amides is 2. The predicted octanol–water partition coefficient (Wildman–Crippen LogP) is 3.11. The van der Waals surface area contributed by atoms with Crippen LogP contribution in [0.5, 0.6) is 0 Å². The Morgan fingerprint density at radius 3 is 2.81 bits per heavy atom. The number of likely N-dealkylation sites (tertiary alicyclic amines) is 1. The number of anilines is 1. The van der Waals surface area contributed by atoms with Gasteiger partial charge in [0.25, 0.3) is 0 Å². The lowest BCUT2D eigenvalue weighted by atomic mass is 9.96. The lowest BCUT2D eigenvalue weighted by Gasteiger charge is -2.32. The normalized spacial score (nSPS) is 17.0. The molecule has 1 aromatic heterocycles. The summed E-state index contributed by atoms with van der Waals surface area (Å²) in [4.78, 5) is 27.2. The van der Waals surface area contributed by atoms with Crippen molar-refractivity contribution in [3.05, 3.63) is 54.1 Å². The van der Waals surface area contributed by atoms with Crippen molar-refractivity contribution in [2.24, 2.45) is 5.92 Å².